The van der Waals surface area contributed by atoms with Gasteiger partial charge in [-0.05, 0) is 44.5 Å². The van der Waals surface area contributed by atoms with E-state index in [1.165, 1.54) is 0 Å². The molecule has 1 heterocycles. The predicted octanol–water partition coefficient (Wildman–Crippen LogP) is 4.13. The van der Waals surface area contributed by atoms with Gasteiger partial charge in [0.25, 0.3) is 0 Å². The molecule has 0 saturated carbocycles. The van der Waals surface area contributed by atoms with Crippen LogP contribution in [-0.2, 0) is 0 Å². The first-order valence-corrected chi connectivity index (χ1v) is 7.08. The predicted molar refractivity (Wildman–Crippen MR) is 76.4 cm³/mol. The van der Waals surface area contributed by atoms with Gasteiger partial charge in [-0.3, -0.25) is 4.99 Å². The summed E-state index contributed by atoms with van der Waals surface area (Å²) in [5, 5.41) is 4.38. The van der Waals surface area contributed by atoms with E-state index < -0.39 is 0 Å². The maximum Gasteiger partial charge on any atom is 0.161 e. The highest BCUT2D eigenvalue weighted by molar-refractivity contribution is 9.10. The van der Waals surface area contributed by atoms with Crippen LogP contribution in [0.1, 0.15) is 20.3 Å². The summed E-state index contributed by atoms with van der Waals surface area (Å²) >= 11 is 5.22. The molecular formula is C12H15BrN2S. The average Bonchev–Trinajstić information content (AvgIpc) is 2.20. The number of thioether (sulfide) groups is 1. The highest BCUT2D eigenvalue weighted by Gasteiger charge is 2.22. The van der Waals surface area contributed by atoms with Crippen LogP contribution in [-0.4, -0.2) is 16.5 Å². The Kier molecular flexibility index (Phi) is 3.60. The summed E-state index contributed by atoms with van der Waals surface area (Å²) in [4.78, 5) is 4.69. The Morgan fingerprint density at radius 1 is 1.31 bits per heavy atom. The molecule has 1 aromatic rings. The summed E-state index contributed by atoms with van der Waals surface area (Å²) in [6.07, 6.45) is 1.14. The van der Waals surface area contributed by atoms with Gasteiger partial charge in [0.2, 0.25) is 0 Å². The molecule has 16 heavy (non-hydrogen) atoms. The first kappa shape index (κ1) is 12.0. The first-order chi connectivity index (χ1) is 7.55. The van der Waals surface area contributed by atoms with Crippen molar-refractivity contribution in [3.8, 4) is 0 Å². The van der Waals surface area contributed by atoms with Gasteiger partial charge >= 0.3 is 0 Å². The monoisotopic (exact) mass is 298 g/mol. The number of nitrogens with one attached hydrogen (secondary N) is 1. The normalized spacial score (nSPS) is 19.1. The zero-order chi connectivity index (χ0) is 11.6. The second-order valence-corrected chi connectivity index (χ2v) is 6.46. The van der Waals surface area contributed by atoms with E-state index in [1.807, 2.05) is 12.1 Å². The van der Waals surface area contributed by atoms with E-state index in [2.05, 4.69) is 52.2 Å². The fourth-order valence-corrected chi connectivity index (χ4v) is 3.04. The van der Waals surface area contributed by atoms with Gasteiger partial charge in [0, 0.05) is 15.9 Å². The van der Waals surface area contributed by atoms with Crippen LogP contribution in [0.4, 0.5) is 5.69 Å². The Hall–Kier alpha value is -0.480. The number of nitrogens with zero attached hydrogens (tertiary/aromatic N) is 1. The van der Waals surface area contributed by atoms with E-state index in [9.17, 15) is 0 Å². The van der Waals surface area contributed by atoms with Gasteiger partial charge in [-0.15, -0.1) is 0 Å². The lowest BCUT2D eigenvalue weighted by Crippen LogP contribution is -2.27. The van der Waals surface area contributed by atoms with Crippen molar-refractivity contribution in [1.82, 2.24) is 0 Å². The van der Waals surface area contributed by atoms with Crippen LogP contribution < -0.4 is 5.32 Å². The zero-order valence-electron chi connectivity index (χ0n) is 9.46. The highest BCUT2D eigenvalue weighted by Crippen LogP contribution is 2.27. The van der Waals surface area contributed by atoms with E-state index in [4.69, 9.17) is 0 Å². The van der Waals surface area contributed by atoms with Gasteiger partial charge in [0.05, 0.1) is 5.54 Å². The molecule has 0 amide bonds. The largest absolute Gasteiger partial charge is 0.335 e. The molecule has 2 nitrogen and oxygen atoms in total. The van der Waals surface area contributed by atoms with Gasteiger partial charge in [-0.2, -0.15) is 0 Å². The van der Waals surface area contributed by atoms with Crippen LogP contribution in [0.15, 0.2) is 33.7 Å². The van der Waals surface area contributed by atoms with Gasteiger partial charge < -0.3 is 5.32 Å². The molecule has 1 aliphatic heterocycles. The molecule has 2 rings (SSSR count). The molecule has 1 aliphatic rings. The van der Waals surface area contributed by atoms with Crippen molar-refractivity contribution in [2.24, 2.45) is 4.99 Å². The first-order valence-electron chi connectivity index (χ1n) is 5.30. The standard InChI is InChI=1S/C12H15BrN2S/c1-12(2)7-8-16-11(15-12)14-10-5-3-9(13)4-6-10/h3-6H,7-8H2,1-2H3,(H,14,15). The van der Waals surface area contributed by atoms with E-state index >= 15 is 0 Å². The Labute approximate surface area is 109 Å². The SMILES string of the molecule is CC1(C)CCSC(Nc2ccc(Br)cc2)=N1. The number of amidine groups is 1. The van der Waals surface area contributed by atoms with Crippen molar-refractivity contribution < 1.29 is 0 Å². The van der Waals surface area contributed by atoms with Crippen molar-refractivity contribution in [2.45, 2.75) is 25.8 Å². The van der Waals surface area contributed by atoms with Crippen LogP contribution in [0.25, 0.3) is 0 Å². The number of aliphatic imine (C=N–C) groups is 1. The van der Waals surface area contributed by atoms with Crippen LogP contribution in [0.5, 0.6) is 0 Å². The minimum Gasteiger partial charge on any atom is -0.335 e. The van der Waals surface area contributed by atoms with E-state index in [1.54, 1.807) is 11.8 Å². The molecule has 0 aliphatic carbocycles. The Morgan fingerprint density at radius 3 is 2.62 bits per heavy atom. The Bertz CT molecular complexity index is 398. The second-order valence-electron chi connectivity index (χ2n) is 4.46. The number of hydrogen-bond acceptors (Lipinski definition) is 3. The van der Waals surface area contributed by atoms with Gasteiger partial charge in [0.15, 0.2) is 5.17 Å². The topological polar surface area (TPSA) is 24.4 Å². The van der Waals surface area contributed by atoms with Crippen molar-refractivity contribution >= 4 is 38.5 Å². The Morgan fingerprint density at radius 2 is 2.00 bits per heavy atom. The van der Waals surface area contributed by atoms with Crippen LogP contribution in [0.2, 0.25) is 0 Å². The Balaban J connectivity index is 2.10. The second kappa shape index (κ2) is 4.80. The zero-order valence-corrected chi connectivity index (χ0v) is 11.9. The highest BCUT2D eigenvalue weighted by atomic mass is 79.9. The summed E-state index contributed by atoms with van der Waals surface area (Å²) in [7, 11) is 0. The van der Waals surface area contributed by atoms with E-state index in [0.717, 1.165) is 27.5 Å². The van der Waals surface area contributed by atoms with Crippen molar-refractivity contribution in [1.29, 1.82) is 0 Å². The summed E-state index contributed by atoms with van der Waals surface area (Å²) in [5.41, 5.74) is 1.16. The van der Waals surface area contributed by atoms with Crippen molar-refractivity contribution in [3.05, 3.63) is 28.7 Å². The molecule has 1 N–H and O–H groups in total. The molecule has 0 unspecified atom stereocenters. The summed E-state index contributed by atoms with van der Waals surface area (Å²) in [6, 6.07) is 8.16. The lowest BCUT2D eigenvalue weighted by molar-refractivity contribution is 0.507. The quantitative estimate of drug-likeness (QED) is 0.843. The molecule has 0 bridgehead atoms. The van der Waals surface area contributed by atoms with E-state index in [-0.39, 0.29) is 5.54 Å². The van der Waals surface area contributed by atoms with Crippen LogP contribution in [0.3, 0.4) is 0 Å². The third-order valence-corrected chi connectivity index (χ3v) is 3.86. The molecule has 0 spiro atoms. The average molecular weight is 299 g/mol. The molecule has 4 heteroatoms. The number of anilines is 1. The number of rotatable bonds is 1. The third kappa shape index (κ3) is 3.25. The summed E-state index contributed by atoms with van der Waals surface area (Å²) in [5.74, 6) is 1.13. The van der Waals surface area contributed by atoms with Gasteiger partial charge in [-0.1, -0.05) is 27.7 Å². The number of benzene rings is 1. The minimum atomic E-state index is 0.0724. The smallest absolute Gasteiger partial charge is 0.161 e. The summed E-state index contributed by atoms with van der Waals surface area (Å²) < 4.78 is 1.09. The van der Waals surface area contributed by atoms with E-state index in [0.29, 0.717) is 0 Å². The minimum absolute atomic E-state index is 0.0724. The van der Waals surface area contributed by atoms with Crippen molar-refractivity contribution in [3.63, 3.8) is 0 Å². The third-order valence-electron chi connectivity index (χ3n) is 2.45. The van der Waals surface area contributed by atoms with Gasteiger partial charge in [-0.25, -0.2) is 0 Å². The van der Waals surface area contributed by atoms with Crippen LogP contribution in [0, 0.1) is 0 Å². The lowest BCUT2D eigenvalue weighted by atomic mass is 10.0. The fraction of sp³-hybridized carbons (Fsp3) is 0.417. The molecule has 1 aromatic carbocycles. The molecular weight excluding hydrogens is 284 g/mol. The lowest BCUT2D eigenvalue weighted by Gasteiger charge is -2.26. The molecule has 0 aromatic heterocycles. The maximum atomic E-state index is 4.69. The number of hydrogen-bond donors (Lipinski definition) is 1. The van der Waals surface area contributed by atoms with Crippen LogP contribution >= 0.6 is 27.7 Å². The molecule has 0 atom stereocenters. The molecule has 86 valence electrons. The number of halogens is 1. The van der Waals surface area contributed by atoms with Gasteiger partial charge in [0.1, 0.15) is 0 Å². The maximum absolute atomic E-state index is 4.69. The molecule has 0 radical (unpaired) electrons. The molecule has 0 saturated heterocycles. The summed E-state index contributed by atoms with van der Waals surface area (Å²) in [6.45, 7) is 4.35. The molecule has 0 fully saturated rings. The van der Waals surface area contributed by atoms with Crippen molar-refractivity contribution in [2.75, 3.05) is 11.1 Å². The fourth-order valence-electron chi connectivity index (χ4n) is 1.48.